The van der Waals surface area contributed by atoms with Crippen LogP contribution in [0.15, 0.2) is 24.3 Å². The number of halogens is 1. The Balaban J connectivity index is 2.96. The predicted molar refractivity (Wildman–Crippen MR) is 75.1 cm³/mol. The number of ether oxygens (including phenoxy) is 1. The molecule has 0 aliphatic carbocycles. The minimum atomic E-state index is -3.55. The molecule has 1 atom stereocenters. The quantitative estimate of drug-likeness (QED) is 0.645. The summed E-state index contributed by atoms with van der Waals surface area (Å²) >= 11 is 5.60. The minimum Gasteiger partial charge on any atom is -0.465 e. The van der Waals surface area contributed by atoms with E-state index < -0.39 is 16.0 Å². The molecule has 0 amide bonds. The fraction of sp³-hybridized carbons (Fsp3) is 0.417. The Morgan fingerprint density at radius 1 is 1.42 bits per heavy atom. The zero-order valence-corrected chi connectivity index (χ0v) is 12.3. The lowest BCUT2D eigenvalue weighted by atomic mass is 10.2. The highest BCUT2D eigenvalue weighted by Crippen LogP contribution is 2.18. The summed E-state index contributed by atoms with van der Waals surface area (Å²) in [6.07, 6.45) is 0. The van der Waals surface area contributed by atoms with Crippen molar-refractivity contribution < 1.29 is 17.9 Å². The number of carbonyl (C=O) groups excluding carboxylic acids is 1. The zero-order chi connectivity index (χ0) is 14.5. The van der Waals surface area contributed by atoms with Crippen molar-refractivity contribution in [2.24, 2.45) is 5.92 Å². The molecule has 19 heavy (non-hydrogen) atoms. The highest BCUT2D eigenvalue weighted by molar-refractivity contribution is 7.92. The molecule has 0 fully saturated rings. The molecule has 0 heterocycles. The van der Waals surface area contributed by atoms with Gasteiger partial charge in [0, 0.05) is 5.88 Å². The number of para-hydroxylation sites is 1. The van der Waals surface area contributed by atoms with E-state index in [1.807, 2.05) is 0 Å². The van der Waals surface area contributed by atoms with Crippen LogP contribution in [-0.2, 0) is 14.8 Å². The number of hydrogen-bond acceptors (Lipinski definition) is 4. The van der Waals surface area contributed by atoms with Gasteiger partial charge in [-0.25, -0.2) is 13.2 Å². The second-order valence-corrected chi connectivity index (χ2v) is 6.26. The molecule has 0 spiro atoms. The molecule has 0 radical (unpaired) electrons. The van der Waals surface area contributed by atoms with Crippen molar-refractivity contribution in [1.29, 1.82) is 0 Å². The number of carbonyl (C=O) groups is 1. The van der Waals surface area contributed by atoms with Crippen LogP contribution in [0.2, 0.25) is 0 Å². The van der Waals surface area contributed by atoms with Crippen LogP contribution < -0.4 is 4.72 Å². The summed E-state index contributed by atoms with van der Waals surface area (Å²) in [5, 5.41) is 0. The summed E-state index contributed by atoms with van der Waals surface area (Å²) in [6, 6.07) is 6.27. The molecular weight excluding hydrogens is 290 g/mol. The maximum absolute atomic E-state index is 11.9. The van der Waals surface area contributed by atoms with E-state index in [2.05, 4.69) is 9.46 Å². The van der Waals surface area contributed by atoms with Gasteiger partial charge in [-0.2, -0.15) is 0 Å². The third-order valence-electron chi connectivity index (χ3n) is 2.37. The summed E-state index contributed by atoms with van der Waals surface area (Å²) in [5.41, 5.74) is 0.378. The fourth-order valence-electron chi connectivity index (χ4n) is 1.49. The lowest BCUT2D eigenvalue weighted by molar-refractivity contribution is 0.0602. The predicted octanol–water partition coefficient (Wildman–Crippen LogP) is 2.09. The van der Waals surface area contributed by atoms with Crippen molar-refractivity contribution in [3.05, 3.63) is 29.8 Å². The number of methoxy groups -OCH3 is 1. The van der Waals surface area contributed by atoms with E-state index in [0.29, 0.717) is 0 Å². The maximum Gasteiger partial charge on any atom is 0.339 e. The van der Waals surface area contributed by atoms with Crippen molar-refractivity contribution in [2.45, 2.75) is 6.92 Å². The molecule has 1 aromatic carbocycles. The highest BCUT2D eigenvalue weighted by Gasteiger charge is 2.19. The van der Waals surface area contributed by atoms with Gasteiger partial charge in [-0.05, 0) is 18.1 Å². The molecule has 0 bridgehead atoms. The first kappa shape index (κ1) is 15.8. The van der Waals surface area contributed by atoms with E-state index in [-0.39, 0.29) is 28.8 Å². The van der Waals surface area contributed by atoms with Crippen LogP contribution in [0.3, 0.4) is 0 Å². The van der Waals surface area contributed by atoms with Gasteiger partial charge in [0.05, 0.1) is 24.1 Å². The third kappa shape index (κ3) is 4.72. The number of rotatable bonds is 6. The van der Waals surface area contributed by atoms with Gasteiger partial charge in [0.15, 0.2) is 0 Å². The molecule has 1 unspecified atom stereocenters. The number of sulfonamides is 1. The van der Waals surface area contributed by atoms with Crippen molar-refractivity contribution >= 4 is 33.3 Å². The smallest absolute Gasteiger partial charge is 0.339 e. The molecule has 7 heteroatoms. The van der Waals surface area contributed by atoms with E-state index in [9.17, 15) is 13.2 Å². The van der Waals surface area contributed by atoms with Gasteiger partial charge in [-0.15, -0.1) is 11.6 Å². The number of anilines is 1. The second-order valence-electron chi connectivity index (χ2n) is 4.18. The Bertz CT molecular complexity index is 544. The molecule has 0 aliphatic rings. The van der Waals surface area contributed by atoms with E-state index in [1.54, 1.807) is 19.1 Å². The van der Waals surface area contributed by atoms with Gasteiger partial charge >= 0.3 is 5.97 Å². The molecule has 106 valence electrons. The Hall–Kier alpha value is -1.27. The number of nitrogens with one attached hydrogen (secondary N) is 1. The van der Waals surface area contributed by atoms with Crippen LogP contribution in [0, 0.1) is 5.92 Å². The molecule has 0 saturated carbocycles. The van der Waals surface area contributed by atoms with Gasteiger partial charge < -0.3 is 4.74 Å². The minimum absolute atomic E-state index is 0.105. The van der Waals surface area contributed by atoms with Gasteiger partial charge in [0.25, 0.3) is 0 Å². The van der Waals surface area contributed by atoms with E-state index in [4.69, 9.17) is 11.6 Å². The molecule has 0 aromatic heterocycles. The summed E-state index contributed by atoms with van der Waals surface area (Å²) in [7, 11) is -2.31. The molecule has 0 aliphatic heterocycles. The second kappa shape index (κ2) is 6.77. The average molecular weight is 306 g/mol. The van der Waals surface area contributed by atoms with E-state index >= 15 is 0 Å². The first-order valence-electron chi connectivity index (χ1n) is 5.63. The summed E-state index contributed by atoms with van der Waals surface area (Å²) < 4.78 is 30.8. The van der Waals surface area contributed by atoms with Crippen LogP contribution in [0.25, 0.3) is 0 Å². The normalized spacial score (nSPS) is 12.8. The highest BCUT2D eigenvalue weighted by atomic mass is 35.5. The Labute approximate surface area is 118 Å². The van der Waals surface area contributed by atoms with Gasteiger partial charge in [-0.1, -0.05) is 19.1 Å². The number of alkyl halides is 1. The Morgan fingerprint density at radius 3 is 2.63 bits per heavy atom. The Kier molecular flexibility index (Phi) is 5.62. The summed E-state index contributed by atoms with van der Waals surface area (Å²) in [5.74, 6) is -0.626. The van der Waals surface area contributed by atoms with E-state index in [0.717, 1.165) is 0 Å². The number of hydrogen-bond donors (Lipinski definition) is 1. The largest absolute Gasteiger partial charge is 0.465 e. The van der Waals surface area contributed by atoms with Gasteiger partial charge in [0.2, 0.25) is 10.0 Å². The standard InChI is InChI=1S/C12H16ClNO4S/c1-9(7-13)8-19(16,17)14-11-6-4-3-5-10(11)12(15)18-2/h3-6,9,14H,7-8H2,1-2H3. The van der Waals surface area contributed by atoms with Crippen molar-refractivity contribution in [1.82, 2.24) is 0 Å². The zero-order valence-electron chi connectivity index (χ0n) is 10.7. The van der Waals surface area contributed by atoms with Crippen molar-refractivity contribution in [3.8, 4) is 0 Å². The molecule has 0 saturated heterocycles. The van der Waals surface area contributed by atoms with Crippen LogP contribution in [0.5, 0.6) is 0 Å². The molecule has 5 nitrogen and oxygen atoms in total. The average Bonchev–Trinajstić information content (AvgIpc) is 2.37. The van der Waals surface area contributed by atoms with Crippen molar-refractivity contribution in [2.75, 3.05) is 23.5 Å². The topological polar surface area (TPSA) is 72.5 Å². The Morgan fingerprint density at radius 2 is 2.05 bits per heavy atom. The molecule has 1 aromatic rings. The molecule has 1 rings (SSSR count). The van der Waals surface area contributed by atoms with Gasteiger partial charge in [-0.3, -0.25) is 4.72 Å². The summed E-state index contributed by atoms with van der Waals surface area (Å²) in [4.78, 5) is 11.5. The first-order chi connectivity index (χ1) is 8.89. The maximum atomic E-state index is 11.9. The third-order valence-corrected chi connectivity index (χ3v) is 4.43. The lowest BCUT2D eigenvalue weighted by Gasteiger charge is -2.13. The molecular formula is C12H16ClNO4S. The fourth-order valence-corrected chi connectivity index (χ4v) is 3.19. The molecule has 1 N–H and O–H groups in total. The van der Waals surface area contributed by atoms with E-state index in [1.165, 1.54) is 19.2 Å². The van der Waals surface area contributed by atoms with Crippen LogP contribution in [0.1, 0.15) is 17.3 Å². The SMILES string of the molecule is COC(=O)c1ccccc1NS(=O)(=O)CC(C)CCl. The van der Waals surface area contributed by atoms with Crippen molar-refractivity contribution in [3.63, 3.8) is 0 Å². The van der Waals surface area contributed by atoms with Crippen LogP contribution in [0.4, 0.5) is 5.69 Å². The van der Waals surface area contributed by atoms with Crippen LogP contribution >= 0.6 is 11.6 Å². The monoisotopic (exact) mass is 305 g/mol. The first-order valence-corrected chi connectivity index (χ1v) is 7.82. The van der Waals surface area contributed by atoms with Gasteiger partial charge in [0.1, 0.15) is 0 Å². The van der Waals surface area contributed by atoms with Crippen LogP contribution in [-0.4, -0.2) is 33.1 Å². The lowest BCUT2D eigenvalue weighted by Crippen LogP contribution is -2.23. The number of esters is 1. The summed E-state index contributed by atoms with van der Waals surface area (Å²) in [6.45, 7) is 1.73. The number of benzene rings is 1.